The van der Waals surface area contributed by atoms with Crippen LogP contribution in [0.5, 0.6) is 0 Å². The molecule has 0 aromatic heterocycles. The molecule has 1 heterocycles. The first-order chi connectivity index (χ1) is 8.75. The van der Waals surface area contributed by atoms with Crippen LogP contribution in [0.4, 0.5) is 0 Å². The molecule has 0 radical (unpaired) electrons. The van der Waals surface area contributed by atoms with Crippen LogP contribution in [-0.2, 0) is 9.53 Å². The molecule has 0 spiro atoms. The largest absolute Gasteiger partial charge is 0.381 e. The number of ether oxygens (including phenoxy) is 1. The highest BCUT2D eigenvalue weighted by Gasteiger charge is 2.18. The minimum Gasteiger partial charge on any atom is -0.381 e. The van der Waals surface area contributed by atoms with E-state index in [1.807, 2.05) is 37.3 Å². The average Bonchev–Trinajstić information content (AvgIpc) is 2.40. The molecule has 18 heavy (non-hydrogen) atoms. The van der Waals surface area contributed by atoms with Crippen LogP contribution >= 0.6 is 0 Å². The van der Waals surface area contributed by atoms with Crippen molar-refractivity contribution in [3.05, 3.63) is 35.9 Å². The molecule has 1 aliphatic rings. The van der Waals surface area contributed by atoms with E-state index in [0.29, 0.717) is 12.3 Å². The van der Waals surface area contributed by atoms with Crippen molar-refractivity contribution < 1.29 is 9.53 Å². The molecule has 1 aliphatic heterocycles. The lowest BCUT2D eigenvalue weighted by Gasteiger charge is -2.22. The summed E-state index contributed by atoms with van der Waals surface area (Å²) in [6.45, 7) is 3.62. The van der Waals surface area contributed by atoms with Gasteiger partial charge in [0, 0.05) is 19.6 Å². The first kappa shape index (κ1) is 13.1. The number of rotatable bonds is 4. The molecule has 98 valence electrons. The Morgan fingerprint density at radius 3 is 2.67 bits per heavy atom. The molecule has 2 rings (SSSR count). The summed E-state index contributed by atoms with van der Waals surface area (Å²) >= 11 is 0. The van der Waals surface area contributed by atoms with Gasteiger partial charge in [-0.05, 0) is 31.2 Å². The van der Waals surface area contributed by atoms with E-state index in [1.54, 1.807) is 0 Å². The fraction of sp³-hybridized carbons (Fsp3) is 0.533. The maximum atomic E-state index is 11.9. The van der Waals surface area contributed by atoms with Crippen LogP contribution in [0.15, 0.2) is 30.3 Å². The van der Waals surface area contributed by atoms with E-state index in [1.165, 1.54) is 0 Å². The Morgan fingerprint density at radius 2 is 2.00 bits per heavy atom. The molecule has 1 N–H and O–H groups in total. The molecule has 1 unspecified atom stereocenters. The molecule has 1 aromatic rings. The van der Waals surface area contributed by atoms with Gasteiger partial charge < -0.3 is 10.1 Å². The van der Waals surface area contributed by atoms with E-state index in [-0.39, 0.29) is 11.9 Å². The summed E-state index contributed by atoms with van der Waals surface area (Å²) in [5, 5.41) is 3.06. The van der Waals surface area contributed by atoms with Gasteiger partial charge in [0.25, 0.3) is 0 Å². The Kier molecular flexibility index (Phi) is 4.76. The molecular weight excluding hydrogens is 226 g/mol. The third-order valence-corrected chi connectivity index (χ3v) is 3.49. The zero-order valence-corrected chi connectivity index (χ0v) is 10.9. The zero-order valence-electron chi connectivity index (χ0n) is 10.9. The Balaban J connectivity index is 1.80. The van der Waals surface area contributed by atoms with E-state index < -0.39 is 0 Å². The van der Waals surface area contributed by atoms with Gasteiger partial charge in [-0.2, -0.15) is 0 Å². The number of benzene rings is 1. The highest BCUT2D eigenvalue weighted by Crippen LogP contribution is 2.19. The molecule has 1 aromatic carbocycles. The number of carbonyl (C=O) groups is 1. The van der Waals surface area contributed by atoms with Crippen molar-refractivity contribution in [1.29, 1.82) is 0 Å². The molecule has 0 bridgehead atoms. The van der Waals surface area contributed by atoms with Crippen LogP contribution in [0.2, 0.25) is 0 Å². The molecule has 3 heteroatoms. The van der Waals surface area contributed by atoms with Crippen LogP contribution in [0.25, 0.3) is 0 Å². The van der Waals surface area contributed by atoms with Gasteiger partial charge in [-0.1, -0.05) is 30.3 Å². The normalized spacial score (nSPS) is 18.3. The van der Waals surface area contributed by atoms with Crippen LogP contribution < -0.4 is 5.32 Å². The van der Waals surface area contributed by atoms with Gasteiger partial charge in [-0.3, -0.25) is 4.79 Å². The quantitative estimate of drug-likeness (QED) is 0.888. The van der Waals surface area contributed by atoms with E-state index in [2.05, 4.69) is 5.32 Å². The second-order valence-electron chi connectivity index (χ2n) is 4.96. The fourth-order valence-corrected chi connectivity index (χ4v) is 2.34. The highest BCUT2D eigenvalue weighted by molar-refractivity contribution is 5.76. The number of amides is 1. The van der Waals surface area contributed by atoms with Gasteiger partial charge in [0.2, 0.25) is 5.91 Å². The molecule has 3 nitrogen and oxygen atoms in total. The van der Waals surface area contributed by atoms with Gasteiger partial charge >= 0.3 is 0 Å². The van der Waals surface area contributed by atoms with E-state index in [4.69, 9.17) is 4.74 Å². The van der Waals surface area contributed by atoms with Crippen molar-refractivity contribution in [3.8, 4) is 0 Å². The molecule has 1 saturated heterocycles. The topological polar surface area (TPSA) is 38.3 Å². The average molecular weight is 247 g/mol. The van der Waals surface area contributed by atoms with E-state index in [9.17, 15) is 4.79 Å². The van der Waals surface area contributed by atoms with Crippen LogP contribution in [0.3, 0.4) is 0 Å². The van der Waals surface area contributed by atoms with Crippen LogP contribution in [-0.4, -0.2) is 19.1 Å². The third-order valence-electron chi connectivity index (χ3n) is 3.49. The minimum absolute atomic E-state index is 0.0820. The lowest BCUT2D eigenvalue weighted by Crippen LogP contribution is -2.30. The Bertz CT molecular complexity index is 371. The monoisotopic (exact) mass is 247 g/mol. The van der Waals surface area contributed by atoms with Crippen LogP contribution in [0.1, 0.15) is 37.8 Å². The molecule has 0 aliphatic carbocycles. The summed E-state index contributed by atoms with van der Waals surface area (Å²) in [7, 11) is 0. The smallest absolute Gasteiger partial charge is 0.220 e. The third kappa shape index (κ3) is 3.84. The molecule has 1 fully saturated rings. The first-order valence-corrected chi connectivity index (χ1v) is 6.68. The first-order valence-electron chi connectivity index (χ1n) is 6.68. The standard InChI is InChI=1S/C15H21NO2/c1-12(14-5-3-2-4-6-14)16-15(17)11-13-7-9-18-10-8-13/h2-6,12-13H,7-11H2,1H3,(H,16,17). The Morgan fingerprint density at radius 1 is 1.33 bits per heavy atom. The van der Waals surface area contributed by atoms with Crippen molar-refractivity contribution in [2.24, 2.45) is 5.92 Å². The predicted molar refractivity (Wildman–Crippen MR) is 71.2 cm³/mol. The fourth-order valence-electron chi connectivity index (χ4n) is 2.34. The second kappa shape index (κ2) is 6.55. The lowest BCUT2D eigenvalue weighted by molar-refractivity contribution is -0.123. The highest BCUT2D eigenvalue weighted by atomic mass is 16.5. The summed E-state index contributed by atoms with van der Waals surface area (Å²) in [6, 6.07) is 10.1. The predicted octanol–water partition coefficient (Wildman–Crippen LogP) is 2.68. The minimum atomic E-state index is 0.0820. The van der Waals surface area contributed by atoms with Crippen molar-refractivity contribution in [1.82, 2.24) is 5.32 Å². The molecule has 1 amide bonds. The van der Waals surface area contributed by atoms with Gasteiger partial charge in [-0.25, -0.2) is 0 Å². The molecule has 1 atom stereocenters. The van der Waals surface area contributed by atoms with Crippen molar-refractivity contribution >= 4 is 5.91 Å². The van der Waals surface area contributed by atoms with Gasteiger partial charge in [0.15, 0.2) is 0 Å². The number of carbonyl (C=O) groups excluding carboxylic acids is 1. The van der Waals surface area contributed by atoms with Gasteiger partial charge in [0.05, 0.1) is 6.04 Å². The summed E-state index contributed by atoms with van der Waals surface area (Å²) in [5.41, 5.74) is 1.15. The summed E-state index contributed by atoms with van der Waals surface area (Å²) in [6.07, 6.45) is 2.64. The van der Waals surface area contributed by atoms with Crippen molar-refractivity contribution in [2.75, 3.05) is 13.2 Å². The Hall–Kier alpha value is -1.35. The van der Waals surface area contributed by atoms with E-state index in [0.717, 1.165) is 31.6 Å². The SMILES string of the molecule is CC(NC(=O)CC1CCOCC1)c1ccccc1. The molecule has 0 saturated carbocycles. The number of hydrogen-bond donors (Lipinski definition) is 1. The number of hydrogen-bond acceptors (Lipinski definition) is 2. The van der Waals surface area contributed by atoms with Crippen molar-refractivity contribution in [2.45, 2.75) is 32.2 Å². The summed E-state index contributed by atoms with van der Waals surface area (Å²) < 4.78 is 5.30. The molecular formula is C15H21NO2. The number of nitrogens with one attached hydrogen (secondary N) is 1. The second-order valence-corrected chi connectivity index (χ2v) is 4.96. The summed E-state index contributed by atoms with van der Waals surface area (Å²) in [5.74, 6) is 0.639. The van der Waals surface area contributed by atoms with Gasteiger partial charge in [-0.15, -0.1) is 0 Å². The maximum absolute atomic E-state index is 11.9. The Labute approximate surface area is 109 Å². The van der Waals surface area contributed by atoms with Gasteiger partial charge in [0.1, 0.15) is 0 Å². The van der Waals surface area contributed by atoms with Crippen LogP contribution in [0, 0.1) is 5.92 Å². The zero-order chi connectivity index (χ0) is 12.8. The summed E-state index contributed by atoms with van der Waals surface area (Å²) in [4.78, 5) is 11.9. The maximum Gasteiger partial charge on any atom is 0.220 e. The van der Waals surface area contributed by atoms with E-state index >= 15 is 0 Å². The van der Waals surface area contributed by atoms with Crippen molar-refractivity contribution in [3.63, 3.8) is 0 Å². The lowest BCUT2D eigenvalue weighted by atomic mass is 9.96.